The van der Waals surface area contributed by atoms with Gasteiger partial charge in [-0.3, -0.25) is 4.79 Å². The quantitative estimate of drug-likeness (QED) is 0.661. The number of carboxylic acid groups (broad SMARTS) is 1. The van der Waals surface area contributed by atoms with Crippen molar-refractivity contribution >= 4 is 5.97 Å². The monoisotopic (exact) mass is 358 g/mol. The van der Waals surface area contributed by atoms with E-state index in [9.17, 15) is 4.79 Å². The molecule has 0 saturated carbocycles. The molecule has 0 amide bonds. The first-order valence-corrected chi connectivity index (χ1v) is 9.35. The Balaban J connectivity index is 1.50. The van der Waals surface area contributed by atoms with Crippen molar-refractivity contribution in [2.45, 2.75) is 31.8 Å². The molecule has 3 aromatic rings. The van der Waals surface area contributed by atoms with Gasteiger partial charge in [-0.15, -0.1) is 0 Å². The van der Waals surface area contributed by atoms with Crippen LogP contribution in [0.15, 0.2) is 72.8 Å². The highest BCUT2D eigenvalue weighted by atomic mass is 16.5. The minimum Gasteiger partial charge on any atom is -0.485 e. The van der Waals surface area contributed by atoms with Crippen molar-refractivity contribution in [1.29, 1.82) is 0 Å². The minimum atomic E-state index is -0.773. The van der Waals surface area contributed by atoms with Crippen LogP contribution in [-0.2, 0) is 17.6 Å². The molecule has 1 atom stereocenters. The first-order chi connectivity index (χ1) is 13.2. The second kappa shape index (κ2) is 7.67. The number of benzene rings is 3. The predicted molar refractivity (Wildman–Crippen MR) is 106 cm³/mol. The van der Waals surface area contributed by atoms with Gasteiger partial charge in [0.05, 0.1) is 0 Å². The average molecular weight is 358 g/mol. The zero-order valence-electron chi connectivity index (χ0n) is 15.1. The highest BCUT2D eigenvalue weighted by Crippen LogP contribution is 2.36. The van der Waals surface area contributed by atoms with Crippen LogP contribution in [0, 0.1) is 0 Å². The first-order valence-electron chi connectivity index (χ1n) is 9.35. The third-order valence-corrected chi connectivity index (χ3v) is 5.09. The molecule has 0 aliphatic carbocycles. The number of hydrogen-bond donors (Lipinski definition) is 1. The van der Waals surface area contributed by atoms with Gasteiger partial charge in [-0.05, 0) is 53.1 Å². The molecule has 0 saturated heterocycles. The standard InChI is InChI=1S/C24H22O3/c25-24(26)15-7-17-6-8-21-13-14-22(27-23(21)16-17)20-11-9-19(10-12-20)18-4-2-1-3-5-18/h1-6,8-12,16,22H,7,13-15H2,(H,25,26). The summed E-state index contributed by atoms with van der Waals surface area (Å²) < 4.78 is 6.26. The number of ether oxygens (including phenoxy) is 1. The molecule has 3 nitrogen and oxygen atoms in total. The highest BCUT2D eigenvalue weighted by molar-refractivity contribution is 5.67. The van der Waals surface area contributed by atoms with E-state index >= 15 is 0 Å². The Bertz CT molecular complexity index is 930. The lowest BCUT2D eigenvalue weighted by Gasteiger charge is -2.27. The van der Waals surface area contributed by atoms with Crippen molar-refractivity contribution in [3.05, 3.63) is 89.5 Å². The fourth-order valence-corrected chi connectivity index (χ4v) is 3.58. The third kappa shape index (κ3) is 4.03. The Morgan fingerprint density at radius 3 is 2.44 bits per heavy atom. The van der Waals surface area contributed by atoms with Gasteiger partial charge < -0.3 is 9.84 Å². The van der Waals surface area contributed by atoms with Gasteiger partial charge in [0.2, 0.25) is 0 Å². The number of fused-ring (bicyclic) bond motifs is 1. The fourth-order valence-electron chi connectivity index (χ4n) is 3.58. The zero-order valence-corrected chi connectivity index (χ0v) is 15.1. The SMILES string of the molecule is O=C(O)CCc1ccc2c(c1)OC(c1ccc(-c3ccccc3)cc1)CC2. The number of aryl methyl sites for hydroxylation is 2. The van der Waals surface area contributed by atoms with Crippen LogP contribution in [0.5, 0.6) is 5.75 Å². The lowest BCUT2D eigenvalue weighted by molar-refractivity contribution is -0.136. The molecule has 27 heavy (non-hydrogen) atoms. The fraction of sp³-hybridized carbons (Fsp3) is 0.208. The molecule has 0 radical (unpaired) electrons. The molecule has 1 unspecified atom stereocenters. The molecule has 1 N–H and O–H groups in total. The maximum Gasteiger partial charge on any atom is 0.303 e. The van der Waals surface area contributed by atoms with Gasteiger partial charge >= 0.3 is 5.97 Å². The van der Waals surface area contributed by atoms with Gasteiger partial charge in [-0.2, -0.15) is 0 Å². The molecule has 0 spiro atoms. The van der Waals surface area contributed by atoms with E-state index < -0.39 is 5.97 Å². The summed E-state index contributed by atoms with van der Waals surface area (Å²) in [6.45, 7) is 0. The van der Waals surface area contributed by atoms with Gasteiger partial charge in [0, 0.05) is 6.42 Å². The van der Waals surface area contributed by atoms with Crippen LogP contribution in [0.4, 0.5) is 0 Å². The van der Waals surface area contributed by atoms with E-state index in [1.165, 1.54) is 22.3 Å². The maximum atomic E-state index is 10.8. The molecular weight excluding hydrogens is 336 g/mol. The summed E-state index contributed by atoms with van der Waals surface area (Å²) >= 11 is 0. The smallest absolute Gasteiger partial charge is 0.303 e. The van der Waals surface area contributed by atoms with Crippen LogP contribution in [-0.4, -0.2) is 11.1 Å². The summed E-state index contributed by atoms with van der Waals surface area (Å²) in [7, 11) is 0. The van der Waals surface area contributed by atoms with Gasteiger partial charge in [0.25, 0.3) is 0 Å². The molecule has 1 aliphatic heterocycles. The van der Waals surface area contributed by atoms with Crippen molar-refractivity contribution in [1.82, 2.24) is 0 Å². The molecule has 4 rings (SSSR count). The maximum absolute atomic E-state index is 10.8. The van der Waals surface area contributed by atoms with Gasteiger partial charge in [-0.1, -0.05) is 66.7 Å². The van der Waals surface area contributed by atoms with E-state index in [1.807, 2.05) is 30.3 Å². The van der Waals surface area contributed by atoms with Gasteiger partial charge in [-0.25, -0.2) is 0 Å². The second-order valence-corrected chi connectivity index (χ2v) is 6.97. The Morgan fingerprint density at radius 2 is 1.70 bits per heavy atom. The van der Waals surface area contributed by atoms with E-state index in [0.717, 1.165) is 24.2 Å². The van der Waals surface area contributed by atoms with E-state index in [4.69, 9.17) is 9.84 Å². The van der Waals surface area contributed by atoms with Crippen LogP contribution < -0.4 is 4.74 Å². The third-order valence-electron chi connectivity index (χ3n) is 5.09. The lowest BCUT2D eigenvalue weighted by atomic mass is 9.94. The molecule has 136 valence electrons. The highest BCUT2D eigenvalue weighted by Gasteiger charge is 2.21. The van der Waals surface area contributed by atoms with E-state index in [1.54, 1.807) is 0 Å². The van der Waals surface area contributed by atoms with Crippen LogP contribution in [0.3, 0.4) is 0 Å². The van der Waals surface area contributed by atoms with Crippen LogP contribution in [0.25, 0.3) is 11.1 Å². The van der Waals surface area contributed by atoms with E-state index in [2.05, 4.69) is 42.5 Å². The number of hydrogen-bond acceptors (Lipinski definition) is 2. The first kappa shape index (κ1) is 17.3. The summed E-state index contributed by atoms with van der Waals surface area (Å²) in [5.74, 6) is 0.117. The van der Waals surface area contributed by atoms with Gasteiger partial charge in [0.15, 0.2) is 0 Å². The molecule has 0 fully saturated rings. The minimum absolute atomic E-state index is 0.0389. The van der Waals surface area contributed by atoms with Crippen molar-refractivity contribution < 1.29 is 14.6 Å². The van der Waals surface area contributed by atoms with Crippen LogP contribution >= 0.6 is 0 Å². The normalized spacial score (nSPS) is 15.6. The van der Waals surface area contributed by atoms with Crippen molar-refractivity contribution in [2.24, 2.45) is 0 Å². The number of aliphatic carboxylic acids is 1. The molecule has 0 bridgehead atoms. The molecule has 1 heterocycles. The van der Waals surface area contributed by atoms with Crippen molar-refractivity contribution in [3.63, 3.8) is 0 Å². The average Bonchev–Trinajstić information content (AvgIpc) is 2.72. The Kier molecular flexibility index (Phi) is 4.93. The van der Waals surface area contributed by atoms with Crippen molar-refractivity contribution in [2.75, 3.05) is 0 Å². The largest absolute Gasteiger partial charge is 0.485 e. The Hall–Kier alpha value is -3.07. The number of rotatable bonds is 5. The lowest BCUT2D eigenvalue weighted by Crippen LogP contribution is -2.15. The van der Waals surface area contributed by atoms with Crippen LogP contribution in [0.2, 0.25) is 0 Å². The molecule has 3 heteroatoms. The van der Waals surface area contributed by atoms with E-state index in [-0.39, 0.29) is 12.5 Å². The number of carbonyl (C=O) groups is 1. The summed E-state index contributed by atoms with van der Waals surface area (Å²) in [6.07, 6.45) is 2.63. The Morgan fingerprint density at radius 1 is 0.963 bits per heavy atom. The summed E-state index contributed by atoms with van der Waals surface area (Å²) in [4.78, 5) is 10.8. The van der Waals surface area contributed by atoms with Gasteiger partial charge in [0.1, 0.15) is 11.9 Å². The summed E-state index contributed by atoms with van der Waals surface area (Å²) in [5, 5.41) is 8.88. The molecular formula is C24H22O3. The second-order valence-electron chi connectivity index (χ2n) is 6.97. The molecule has 3 aromatic carbocycles. The predicted octanol–water partition coefficient (Wildman–Crippen LogP) is 5.44. The zero-order chi connectivity index (χ0) is 18.6. The van der Waals surface area contributed by atoms with E-state index in [0.29, 0.717) is 6.42 Å². The molecule has 1 aliphatic rings. The Labute approximate surface area is 159 Å². The summed E-state index contributed by atoms with van der Waals surface area (Å²) in [6, 6.07) is 25.0. The number of carboxylic acids is 1. The topological polar surface area (TPSA) is 46.5 Å². The van der Waals surface area contributed by atoms with Crippen LogP contribution in [0.1, 0.15) is 35.6 Å². The summed E-state index contributed by atoms with van der Waals surface area (Å²) in [5.41, 5.74) is 5.80. The molecule has 0 aromatic heterocycles. The van der Waals surface area contributed by atoms with Crippen molar-refractivity contribution in [3.8, 4) is 16.9 Å².